The number of amides is 1. The highest BCUT2D eigenvalue weighted by atomic mass is 19.4. The molecule has 0 rings (SSSR count). The summed E-state index contributed by atoms with van der Waals surface area (Å²) in [5, 5.41) is 0. The maximum absolute atomic E-state index is 11.4. The molecule has 0 spiro atoms. The van der Waals surface area contributed by atoms with Crippen molar-refractivity contribution in [2.45, 2.75) is 12.6 Å². The Balaban J connectivity index is 3.35. The molecule has 0 saturated heterocycles. The number of halogens is 3. The van der Waals surface area contributed by atoms with Gasteiger partial charge in [0.1, 0.15) is 6.61 Å². The molecule has 0 unspecified atom stereocenters. The molecule has 1 amide bonds. The summed E-state index contributed by atoms with van der Waals surface area (Å²) in [5.41, 5.74) is 1.52. The van der Waals surface area contributed by atoms with E-state index in [1.165, 1.54) is 5.43 Å². The maximum Gasteiger partial charge on any atom is 0.421 e. The van der Waals surface area contributed by atoms with Crippen molar-refractivity contribution < 1.29 is 22.7 Å². The van der Waals surface area contributed by atoms with Crippen LogP contribution in [0.15, 0.2) is 0 Å². The van der Waals surface area contributed by atoms with Gasteiger partial charge in [-0.25, -0.2) is 10.6 Å². The summed E-state index contributed by atoms with van der Waals surface area (Å²) < 4.78 is 38.1. The van der Waals surface area contributed by atoms with Crippen LogP contribution in [-0.2, 0) is 4.74 Å². The molecule has 0 aromatic heterocycles. The first kappa shape index (κ1) is 10.0. The summed E-state index contributed by atoms with van der Waals surface area (Å²) in [5.74, 6) is 4.52. The van der Waals surface area contributed by atoms with Crippen LogP contribution in [0, 0.1) is 0 Å². The second-order valence-corrected chi connectivity index (χ2v) is 1.65. The molecular weight excluding hydrogens is 165 g/mol. The lowest BCUT2D eigenvalue weighted by molar-refractivity contribution is -0.141. The minimum Gasteiger partial charge on any atom is -0.448 e. The summed E-state index contributed by atoms with van der Waals surface area (Å²) in [4.78, 5) is 10.1. The van der Waals surface area contributed by atoms with Gasteiger partial charge in [0.15, 0.2) is 0 Å². The standard InChI is InChI=1S/C4H7F3N2O2/c5-4(6,7)1-2-11-3(10)9-8/h1-2,8H2,(H,9,10). The van der Waals surface area contributed by atoms with Crippen LogP contribution in [0.5, 0.6) is 0 Å². The lowest BCUT2D eigenvalue weighted by Crippen LogP contribution is -2.31. The third-order valence-corrected chi connectivity index (χ3v) is 0.737. The zero-order chi connectivity index (χ0) is 8.91. The lowest BCUT2D eigenvalue weighted by atomic mass is 10.4. The molecule has 0 heterocycles. The van der Waals surface area contributed by atoms with Crippen LogP contribution in [0.25, 0.3) is 0 Å². The third kappa shape index (κ3) is 6.91. The monoisotopic (exact) mass is 172 g/mol. The molecule has 0 atom stereocenters. The number of carbonyl (C=O) groups is 1. The predicted octanol–water partition coefficient (Wildman–Crippen LogP) is 0.539. The molecule has 0 aromatic carbocycles. The molecular formula is C4H7F3N2O2. The minimum atomic E-state index is -4.31. The molecule has 0 saturated carbocycles. The van der Waals surface area contributed by atoms with E-state index < -0.39 is 25.3 Å². The van der Waals surface area contributed by atoms with Gasteiger partial charge in [-0.1, -0.05) is 0 Å². The first-order chi connectivity index (χ1) is 4.95. The van der Waals surface area contributed by atoms with Crippen LogP contribution in [0.1, 0.15) is 6.42 Å². The van der Waals surface area contributed by atoms with Gasteiger partial charge >= 0.3 is 12.3 Å². The van der Waals surface area contributed by atoms with Gasteiger partial charge in [-0.15, -0.1) is 0 Å². The topological polar surface area (TPSA) is 64.3 Å². The third-order valence-electron chi connectivity index (χ3n) is 0.737. The van der Waals surface area contributed by atoms with Crippen molar-refractivity contribution in [2.75, 3.05) is 6.61 Å². The number of ether oxygens (including phenoxy) is 1. The van der Waals surface area contributed by atoms with Gasteiger partial charge in [0.25, 0.3) is 0 Å². The van der Waals surface area contributed by atoms with E-state index in [0.29, 0.717) is 0 Å². The number of hydrogen-bond acceptors (Lipinski definition) is 3. The fourth-order valence-electron chi connectivity index (χ4n) is 0.301. The Hall–Kier alpha value is -0.980. The number of rotatable bonds is 2. The van der Waals surface area contributed by atoms with E-state index in [9.17, 15) is 18.0 Å². The van der Waals surface area contributed by atoms with Crippen molar-refractivity contribution in [3.05, 3.63) is 0 Å². The molecule has 0 radical (unpaired) electrons. The van der Waals surface area contributed by atoms with Crippen LogP contribution in [-0.4, -0.2) is 18.9 Å². The van der Waals surface area contributed by atoms with E-state index in [0.717, 1.165) is 0 Å². The summed E-state index contributed by atoms with van der Waals surface area (Å²) in [6.07, 6.45) is -6.55. The zero-order valence-corrected chi connectivity index (χ0v) is 5.44. The van der Waals surface area contributed by atoms with Crippen LogP contribution in [0.4, 0.5) is 18.0 Å². The van der Waals surface area contributed by atoms with Gasteiger partial charge in [-0.3, -0.25) is 5.43 Å². The Labute approximate surface area is 60.5 Å². The second kappa shape index (κ2) is 4.02. The van der Waals surface area contributed by atoms with Crippen LogP contribution >= 0.6 is 0 Å². The predicted molar refractivity (Wildman–Crippen MR) is 29.3 cm³/mol. The normalized spacial score (nSPS) is 10.9. The highest BCUT2D eigenvalue weighted by Crippen LogP contribution is 2.18. The second-order valence-electron chi connectivity index (χ2n) is 1.65. The zero-order valence-electron chi connectivity index (χ0n) is 5.44. The smallest absolute Gasteiger partial charge is 0.421 e. The number of nitrogens with one attached hydrogen (secondary N) is 1. The molecule has 0 aromatic rings. The summed E-state index contributed by atoms with van der Waals surface area (Å²) >= 11 is 0. The Morgan fingerprint density at radius 2 is 2.09 bits per heavy atom. The van der Waals surface area contributed by atoms with E-state index in [4.69, 9.17) is 0 Å². The van der Waals surface area contributed by atoms with Crippen LogP contribution < -0.4 is 11.3 Å². The molecule has 0 aliphatic carbocycles. The minimum absolute atomic E-state index is 0.716. The highest BCUT2D eigenvalue weighted by Gasteiger charge is 2.27. The van der Waals surface area contributed by atoms with E-state index in [2.05, 4.69) is 10.6 Å². The molecule has 0 bridgehead atoms. The van der Waals surface area contributed by atoms with Crippen molar-refractivity contribution >= 4 is 6.09 Å². The average molecular weight is 172 g/mol. The number of carbonyl (C=O) groups excluding carboxylic acids is 1. The van der Waals surface area contributed by atoms with Gasteiger partial charge in [0.05, 0.1) is 6.42 Å². The molecule has 4 nitrogen and oxygen atoms in total. The molecule has 0 aliphatic heterocycles. The van der Waals surface area contributed by atoms with Crippen LogP contribution in [0.3, 0.4) is 0 Å². The van der Waals surface area contributed by atoms with Crippen molar-refractivity contribution in [1.29, 1.82) is 0 Å². The number of nitrogens with two attached hydrogens (primary N) is 1. The van der Waals surface area contributed by atoms with Gasteiger partial charge in [0.2, 0.25) is 0 Å². The molecule has 3 N–H and O–H groups in total. The largest absolute Gasteiger partial charge is 0.448 e. The maximum atomic E-state index is 11.4. The SMILES string of the molecule is NNC(=O)OCCC(F)(F)F. The van der Waals surface area contributed by atoms with E-state index in [-0.39, 0.29) is 0 Å². The molecule has 7 heteroatoms. The van der Waals surface area contributed by atoms with Crippen molar-refractivity contribution in [2.24, 2.45) is 5.84 Å². The van der Waals surface area contributed by atoms with Crippen molar-refractivity contribution in [3.63, 3.8) is 0 Å². The van der Waals surface area contributed by atoms with E-state index in [1.54, 1.807) is 0 Å². The highest BCUT2D eigenvalue weighted by molar-refractivity contribution is 5.66. The van der Waals surface area contributed by atoms with E-state index in [1.807, 2.05) is 0 Å². The fraction of sp³-hybridized carbons (Fsp3) is 0.750. The number of alkyl halides is 3. The van der Waals surface area contributed by atoms with Crippen molar-refractivity contribution in [1.82, 2.24) is 5.43 Å². The Morgan fingerprint density at radius 3 is 2.45 bits per heavy atom. The molecule has 11 heavy (non-hydrogen) atoms. The first-order valence-electron chi connectivity index (χ1n) is 2.66. The first-order valence-corrected chi connectivity index (χ1v) is 2.66. The average Bonchev–Trinajstić information content (AvgIpc) is 1.85. The molecule has 66 valence electrons. The Kier molecular flexibility index (Phi) is 3.66. The molecule has 0 fully saturated rings. The van der Waals surface area contributed by atoms with Gasteiger partial charge in [-0.05, 0) is 0 Å². The Bertz CT molecular complexity index is 136. The van der Waals surface area contributed by atoms with Gasteiger partial charge in [-0.2, -0.15) is 13.2 Å². The summed E-state index contributed by atoms with van der Waals surface area (Å²) in [6.45, 7) is -0.716. The molecule has 0 aliphatic rings. The summed E-state index contributed by atoms with van der Waals surface area (Å²) in [7, 11) is 0. The van der Waals surface area contributed by atoms with Crippen molar-refractivity contribution in [3.8, 4) is 0 Å². The fourth-order valence-corrected chi connectivity index (χ4v) is 0.301. The number of hydrogen-bond donors (Lipinski definition) is 2. The number of hydrazine groups is 1. The Morgan fingerprint density at radius 1 is 1.55 bits per heavy atom. The van der Waals surface area contributed by atoms with Gasteiger partial charge in [0, 0.05) is 0 Å². The van der Waals surface area contributed by atoms with Crippen LogP contribution in [0.2, 0.25) is 0 Å². The van der Waals surface area contributed by atoms with E-state index >= 15 is 0 Å². The van der Waals surface area contributed by atoms with Gasteiger partial charge < -0.3 is 4.74 Å². The summed E-state index contributed by atoms with van der Waals surface area (Å²) in [6, 6.07) is 0. The quantitative estimate of drug-likeness (QED) is 0.363. The lowest BCUT2D eigenvalue weighted by Gasteiger charge is -2.05.